The van der Waals surface area contributed by atoms with E-state index < -0.39 is 0 Å². The Bertz CT molecular complexity index is 586. The molecule has 19 heavy (non-hydrogen) atoms. The van der Waals surface area contributed by atoms with E-state index in [9.17, 15) is 4.79 Å². The van der Waals surface area contributed by atoms with Gasteiger partial charge in [0, 0.05) is 0 Å². The van der Waals surface area contributed by atoms with Crippen LogP contribution in [0.15, 0.2) is 42.5 Å². The molecule has 0 aliphatic rings. The lowest BCUT2D eigenvalue weighted by atomic mass is 10.0. The molecule has 2 heteroatoms. The summed E-state index contributed by atoms with van der Waals surface area (Å²) in [6.07, 6.45) is 0. The molecule has 2 nitrogen and oxygen atoms in total. The fourth-order valence-electron chi connectivity index (χ4n) is 1.99. The molecule has 0 radical (unpaired) electrons. The van der Waals surface area contributed by atoms with Crippen LogP contribution >= 0.6 is 0 Å². The second-order valence-corrected chi connectivity index (χ2v) is 4.34. The first-order valence-corrected chi connectivity index (χ1v) is 5.88. The highest BCUT2D eigenvalue weighted by atomic mass is 16.5. The minimum absolute atomic E-state index is 0. The van der Waals surface area contributed by atoms with Crippen molar-refractivity contribution in [1.29, 1.82) is 0 Å². The number of rotatable bonds is 3. The maximum atomic E-state index is 11.4. The Balaban J connectivity index is 0.00000180. The van der Waals surface area contributed by atoms with Gasteiger partial charge in [-0.3, -0.25) is 4.79 Å². The number of benzene rings is 2. The van der Waals surface area contributed by atoms with Crippen LogP contribution in [0.3, 0.4) is 0 Å². The molecule has 0 bridgehead atoms. The predicted molar refractivity (Wildman–Crippen MR) is 79.9 cm³/mol. The molecule has 0 atom stereocenters. The van der Waals surface area contributed by atoms with Crippen molar-refractivity contribution in [3.8, 4) is 16.9 Å². The van der Waals surface area contributed by atoms with Crippen LogP contribution in [-0.4, -0.2) is 12.9 Å². The first-order valence-electron chi connectivity index (χ1n) is 5.88. The molecule has 0 saturated heterocycles. The van der Waals surface area contributed by atoms with Crippen molar-refractivity contribution in [3.05, 3.63) is 53.6 Å². The van der Waals surface area contributed by atoms with E-state index in [1.165, 1.54) is 5.56 Å². The van der Waals surface area contributed by atoms with Crippen molar-refractivity contribution in [2.24, 2.45) is 0 Å². The summed E-state index contributed by atoms with van der Waals surface area (Å²) in [5.74, 6) is 0.643. The summed E-state index contributed by atoms with van der Waals surface area (Å²) in [6, 6.07) is 13.9. The van der Waals surface area contributed by atoms with Crippen LogP contribution in [0, 0.1) is 6.92 Å². The lowest BCUT2D eigenvalue weighted by Crippen LogP contribution is -1.97. The first kappa shape index (κ1) is 15.0. The topological polar surface area (TPSA) is 26.3 Å². The van der Waals surface area contributed by atoms with E-state index in [0.29, 0.717) is 11.3 Å². The zero-order chi connectivity index (χ0) is 13.1. The van der Waals surface area contributed by atoms with Crippen molar-refractivity contribution in [2.75, 3.05) is 7.11 Å². The molecule has 0 N–H and O–H groups in total. The van der Waals surface area contributed by atoms with E-state index >= 15 is 0 Å². The van der Waals surface area contributed by atoms with Crippen LogP contribution in [0.25, 0.3) is 11.1 Å². The maximum absolute atomic E-state index is 11.4. The Morgan fingerprint density at radius 1 is 1.05 bits per heavy atom. The van der Waals surface area contributed by atoms with Crippen LogP contribution in [0.1, 0.15) is 30.3 Å². The summed E-state index contributed by atoms with van der Waals surface area (Å²) in [6.45, 7) is 3.61. The van der Waals surface area contributed by atoms with Crippen LogP contribution in [0.2, 0.25) is 0 Å². The largest absolute Gasteiger partial charge is 0.496 e. The smallest absolute Gasteiger partial charge is 0.163 e. The van der Waals surface area contributed by atoms with Crippen molar-refractivity contribution in [2.45, 2.75) is 21.3 Å². The number of carbonyl (C=O) groups excluding carboxylic acids is 1. The van der Waals surface area contributed by atoms with Gasteiger partial charge in [-0.2, -0.15) is 0 Å². The van der Waals surface area contributed by atoms with Gasteiger partial charge in [-0.05, 0) is 37.1 Å². The normalized spacial score (nSPS) is 9.63. The Labute approximate surface area is 115 Å². The van der Waals surface area contributed by atoms with Crippen LogP contribution < -0.4 is 4.74 Å². The zero-order valence-electron chi connectivity index (χ0n) is 10.9. The minimum atomic E-state index is 0. The minimum Gasteiger partial charge on any atom is -0.496 e. The highest BCUT2D eigenvalue weighted by Gasteiger charge is 2.09. The number of Topliss-reactive ketones (excluding diaryl/α,β-unsaturated/α-hetero) is 1. The highest BCUT2D eigenvalue weighted by Crippen LogP contribution is 2.28. The number of methoxy groups -OCH3 is 1. The fraction of sp³-hybridized carbons (Fsp3) is 0.235. The van der Waals surface area contributed by atoms with Gasteiger partial charge in [0.25, 0.3) is 0 Å². The molecule has 0 amide bonds. The van der Waals surface area contributed by atoms with Crippen LogP contribution in [0.4, 0.5) is 0 Å². The number of hydrogen-bond acceptors (Lipinski definition) is 2. The van der Waals surface area contributed by atoms with Gasteiger partial charge in [-0.1, -0.05) is 43.3 Å². The molecule has 0 heterocycles. The third-order valence-electron chi connectivity index (χ3n) is 2.93. The standard InChI is InChI=1S/C16H16O2.CH4/c1-11-5-4-6-13(9-11)14-7-8-15(12(2)17)16(10-14)18-3;/h4-10H,1-3H3;1H4. The van der Waals surface area contributed by atoms with Gasteiger partial charge in [-0.25, -0.2) is 0 Å². The SMILES string of the molecule is C.COc1cc(-c2cccc(C)c2)ccc1C(C)=O. The Kier molecular flexibility index (Phi) is 4.87. The molecule has 2 aromatic carbocycles. The second-order valence-electron chi connectivity index (χ2n) is 4.34. The molecule has 0 spiro atoms. The molecule has 0 saturated carbocycles. The van der Waals surface area contributed by atoms with Gasteiger partial charge in [0.05, 0.1) is 12.7 Å². The van der Waals surface area contributed by atoms with E-state index in [1.807, 2.05) is 24.3 Å². The molecule has 2 aromatic rings. The number of aryl methyl sites for hydroxylation is 1. The van der Waals surface area contributed by atoms with Crippen LogP contribution in [-0.2, 0) is 0 Å². The summed E-state index contributed by atoms with van der Waals surface area (Å²) in [5.41, 5.74) is 4.01. The molecular formula is C17H20O2. The molecule has 0 aliphatic carbocycles. The molecular weight excluding hydrogens is 236 g/mol. The Morgan fingerprint density at radius 2 is 1.74 bits per heavy atom. The van der Waals surface area contributed by atoms with Crippen molar-refractivity contribution in [3.63, 3.8) is 0 Å². The van der Waals surface area contributed by atoms with Gasteiger partial charge < -0.3 is 4.74 Å². The molecule has 2 rings (SSSR count). The van der Waals surface area contributed by atoms with Crippen molar-refractivity contribution < 1.29 is 9.53 Å². The molecule has 0 aromatic heterocycles. The number of ether oxygens (including phenoxy) is 1. The fourth-order valence-corrected chi connectivity index (χ4v) is 1.99. The first-order chi connectivity index (χ1) is 8.61. The summed E-state index contributed by atoms with van der Waals surface area (Å²) < 4.78 is 5.28. The molecule has 0 aliphatic heterocycles. The average Bonchev–Trinajstić information content (AvgIpc) is 2.37. The summed E-state index contributed by atoms with van der Waals surface area (Å²) in [7, 11) is 1.59. The van der Waals surface area contributed by atoms with Gasteiger partial charge >= 0.3 is 0 Å². The van der Waals surface area contributed by atoms with Crippen molar-refractivity contribution in [1.82, 2.24) is 0 Å². The maximum Gasteiger partial charge on any atom is 0.163 e. The van der Waals surface area contributed by atoms with Gasteiger partial charge in [0.1, 0.15) is 5.75 Å². The summed E-state index contributed by atoms with van der Waals surface area (Å²) in [5, 5.41) is 0. The lowest BCUT2D eigenvalue weighted by Gasteiger charge is -2.09. The predicted octanol–water partition coefficient (Wildman–Crippen LogP) is 4.51. The monoisotopic (exact) mass is 256 g/mol. The molecule has 100 valence electrons. The quantitative estimate of drug-likeness (QED) is 0.755. The van der Waals surface area contributed by atoms with Crippen LogP contribution in [0.5, 0.6) is 5.75 Å². The third kappa shape index (κ3) is 3.22. The van der Waals surface area contributed by atoms with Gasteiger partial charge in [0.15, 0.2) is 5.78 Å². The van der Waals surface area contributed by atoms with Gasteiger partial charge in [-0.15, -0.1) is 0 Å². The van der Waals surface area contributed by atoms with E-state index in [0.717, 1.165) is 11.1 Å². The molecule has 0 unspecified atom stereocenters. The Morgan fingerprint density at radius 3 is 2.32 bits per heavy atom. The molecule has 0 fully saturated rings. The van der Waals surface area contributed by atoms with E-state index in [4.69, 9.17) is 4.74 Å². The van der Waals surface area contributed by atoms with Gasteiger partial charge in [0.2, 0.25) is 0 Å². The van der Waals surface area contributed by atoms with Crippen molar-refractivity contribution >= 4 is 5.78 Å². The zero-order valence-corrected chi connectivity index (χ0v) is 10.9. The second kappa shape index (κ2) is 6.19. The number of ketones is 1. The van der Waals surface area contributed by atoms with E-state index in [1.54, 1.807) is 14.0 Å². The summed E-state index contributed by atoms with van der Waals surface area (Å²) in [4.78, 5) is 11.4. The third-order valence-corrected chi connectivity index (χ3v) is 2.93. The Hall–Kier alpha value is -2.09. The number of carbonyl (C=O) groups is 1. The van der Waals surface area contributed by atoms with E-state index in [-0.39, 0.29) is 13.2 Å². The summed E-state index contributed by atoms with van der Waals surface area (Å²) >= 11 is 0. The average molecular weight is 256 g/mol. The van der Waals surface area contributed by atoms with E-state index in [2.05, 4.69) is 25.1 Å². The lowest BCUT2D eigenvalue weighted by molar-refractivity contribution is 0.101. The highest BCUT2D eigenvalue weighted by molar-refractivity contribution is 5.97. The number of hydrogen-bond donors (Lipinski definition) is 0.